The molecule has 0 aliphatic rings. The van der Waals surface area contributed by atoms with Crippen molar-refractivity contribution in [3.8, 4) is 11.5 Å². The molecule has 0 atom stereocenters. The fourth-order valence-corrected chi connectivity index (χ4v) is 2.46. The van der Waals surface area contributed by atoms with E-state index >= 15 is 0 Å². The number of halogens is 2. The maximum Gasteiger partial charge on any atom is 0.228 e. The van der Waals surface area contributed by atoms with E-state index in [1.165, 1.54) is 0 Å². The largest absolute Gasteiger partial charge is 0.493 e. The quantitative estimate of drug-likeness (QED) is 0.860. The van der Waals surface area contributed by atoms with E-state index < -0.39 is 0 Å². The van der Waals surface area contributed by atoms with Gasteiger partial charge in [-0.3, -0.25) is 4.79 Å². The van der Waals surface area contributed by atoms with E-state index in [1.807, 2.05) is 19.1 Å². The highest BCUT2D eigenvalue weighted by Crippen LogP contribution is 2.30. The molecule has 2 rings (SSSR count). The number of aryl methyl sites for hydroxylation is 1. The molecule has 0 aliphatic carbocycles. The molecule has 0 unspecified atom stereocenters. The fourth-order valence-electron chi connectivity index (χ4n) is 2.17. The summed E-state index contributed by atoms with van der Waals surface area (Å²) < 4.78 is 10.5. The predicted octanol–water partition coefficient (Wildman–Crippen LogP) is 4.50. The molecule has 0 saturated carbocycles. The first-order chi connectivity index (χ1) is 10.9. The summed E-state index contributed by atoms with van der Waals surface area (Å²) in [7, 11) is 3.14. The Morgan fingerprint density at radius 2 is 1.70 bits per heavy atom. The Morgan fingerprint density at radius 3 is 2.30 bits per heavy atom. The van der Waals surface area contributed by atoms with E-state index in [4.69, 9.17) is 32.7 Å². The Labute approximate surface area is 145 Å². The van der Waals surface area contributed by atoms with Gasteiger partial charge in [0.1, 0.15) is 0 Å². The summed E-state index contributed by atoms with van der Waals surface area (Å²) in [5.41, 5.74) is 2.41. The lowest BCUT2D eigenvalue weighted by molar-refractivity contribution is -0.115. The van der Waals surface area contributed by atoms with Crippen LogP contribution in [0.2, 0.25) is 10.0 Å². The lowest BCUT2D eigenvalue weighted by Crippen LogP contribution is -2.15. The van der Waals surface area contributed by atoms with Gasteiger partial charge in [-0.2, -0.15) is 0 Å². The molecule has 1 N–H and O–H groups in total. The van der Waals surface area contributed by atoms with Gasteiger partial charge in [-0.05, 0) is 48.4 Å². The second-order valence-corrected chi connectivity index (χ2v) is 5.80. The van der Waals surface area contributed by atoms with Gasteiger partial charge in [0.2, 0.25) is 5.91 Å². The smallest absolute Gasteiger partial charge is 0.228 e. The summed E-state index contributed by atoms with van der Waals surface area (Å²) >= 11 is 11.8. The monoisotopic (exact) mass is 353 g/mol. The molecular weight excluding hydrogens is 337 g/mol. The van der Waals surface area contributed by atoms with Crippen LogP contribution in [0.4, 0.5) is 5.69 Å². The first-order valence-electron chi connectivity index (χ1n) is 6.91. The van der Waals surface area contributed by atoms with Gasteiger partial charge in [0, 0.05) is 5.69 Å². The highest BCUT2D eigenvalue weighted by molar-refractivity contribution is 6.42. The number of hydrogen-bond donors (Lipinski definition) is 1. The molecule has 0 radical (unpaired) electrons. The molecule has 0 aliphatic heterocycles. The molecule has 0 bridgehead atoms. The minimum Gasteiger partial charge on any atom is -0.493 e. The average Bonchev–Trinajstić information content (AvgIpc) is 2.52. The summed E-state index contributed by atoms with van der Waals surface area (Å²) in [5.74, 6) is 1.08. The zero-order valence-electron chi connectivity index (χ0n) is 13.1. The number of methoxy groups -OCH3 is 2. The SMILES string of the molecule is COc1cc(C)c(CC(=O)Nc2ccc(Cl)c(Cl)c2)cc1OC. The third-order valence-corrected chi connectivity index (χ3v) is 4.14. The number of amides is 1. The van der Waals surface area contributed by atoms with Crippen LogP contribution in [0.1, 0.15) is 11.1 Å². The molecule has 1 amide bonds. The van der Waals surface area contributed by atoms with Gasteiger partial charge in [0.15, 0.2) is 11.5 Å². The third kappa shape index (κ3) is 4.30. The van der Waals surface area contributed by atoms with Gasteiger partial charge in [-0.15, -0.1) is 0 Å². The van der Waals surface area contributed by atoms with Crippen LogP contribution in [-0.2, 0) is 11.2 Å². The Kier molecular flexibility index (Phi) is 5.74. The fraction of sp³-hybridized carbons (Fsp3) is 0.235. The molecule has 2 aromatic rings. The van der Waals surface area contributed by atoms with Crippen LogP contribution in [0.3, 0.4) is 0 Å². The van der Waals surface area contributed by atoms with E-state index in [0.29, 0.717) is 27.2 Å². The van der Waals surface area contributed by atoms with E-state index in [-0.39, 0.29) is 12.3 Å². The molecular formula is C17H17Cl2NO3. The maximum atomic E-state index is 12.2. The second-order valence-electron chi connectivity index (χ2n) is 4.99. The lowest BCUT2D eigenvalue weighted by atomic mass is 10.0. The summed E-state index contributed by atoms with van der Waals surface area (Å²) in [4.78, 5) is 12.2. The minimum atomic E-state index is -0.154. The van der Waals surface area contributed by atoms with Crippen molar-refractivity contribution in [3.63, 3.8) is 0 Å². The predicted molar refractivity (Wildman–Crippen MR) is 93.1 cm³/mol. The van der Waals surface area contributed by atoms with E-state index in [9.17, 15) is 4.79 Å². The number of rotatable bonds is 5. The molecule has 0 aromatic heterocycles. The van der Waals surface area contributed by atoms with Crippen molar-refractivity contribution in [2.75, 3.05) is 19.5 Å². The minimum absolute atomic E-state index is 0.154. The highest BCUT2D eigenvalue weighted by atomic mass is 35.5. The molecule has 0 fully saturated rings. The Bertz CT molecular complexity index is 732. The molecule has 2 aromatic carbocycles. The standard InChI is InChI=1S/C17H17Cl2NO3/c1-10-6-15(22-2)16(23-3)7-11(10)8-17(21)20-12-4-5-13(18)14(19)9-12/h4-7,9H,8H2,1-3H3,(H,20,21). The first kappa shape index (κ1) is 17.4. The molecule has 0 saturated heterocycles. The van der Waals surface area contributed by atoms with Crippen molar-refractivity contribution in [1.82, 2.24) is 0 Å². The Balaban J connectivity index is 2.15. The lowest BCUT2D eigenvalue weighted by Gasteiger charge is -2.13. The molecule has 23 heavy (non-hydrogen) atoms. The normalized spacial score (nSPS) is 10.3. The van der Waals surface area contributed by atoms with Gasteiger partial charge in [-0.1, -0.05) is 23.2 Å². The number of anilines is 1. The summed E-state index contributed by atoms with van der Waals surface area (Å²) in [6.07, 6.45) is 0.215. The van der Waals surface area contributed by atoms with Crippen molar-refractivity contribution in [2.45, 2.75) is 13.3 Å². The summed E-state index contributed by atoms with van der Waals surface area (Å²) in [5, 5.41) is 3.64. The van der Waals surface area contributed by atoms with Crippen molar-refractivity contribution < 1.29 is 14.3 Å². The van der Waals surface area contributed by atoms with Crippen LogP contribution >= 0.6 is 23.2 Å². The Hall–Kier alpha value is -1.91. The van der Waals surface area contributed by atoms with Gasteiger partial charge in [-0.25, -0.2) is 0 Å². The average molecular weight is 354 g/mol. The van der Waals surface area contributed by atoms with E-state index in [2.05, 4.69) is 5.32 Å². The van der Waals surface area contributed by atoms with Crippen LogP contribution in [-0.4, -0.2) is 20.1 Å². The molecule has 6 heteroatoms. The zero-order chi connectivity index (χ0) is 17.0. The van der Waals surface area contributed by atoms with Crippen LogP contribution in [0.25, 0.3) is 0 Å². The van der Waals surface area contributed by atoms with Gasteiger partial charge in [0.25, 0.3) is 0 Å². The number of carbonyl (C=O) groups is 1. The van der Waals surface area contributed by atoms with Crippen LogP contribution in [0, 0.1) is 6.92 Å². The summed E-state index contributed by atoms with van der Waals surface area (Å²) in [6, 6.07) is 8.61. The number of carbonyl (C=O) groups excluding carboxylic acids is 1. The number of hydrogen-bond acceptors (Lipinski definition) is 3. The van der Waals surface area contributed by atoms with Crippen molar-refractivity contribution in [3.05, 3.63) is 51.5 Å². The van der Waals surface area contributed by atoms with Crippen molar-refractivity contribution >= 4 is 34.8 Å². The molecule has 0 heterocycles. The summed E-state index contributed by atoms with van der Waals surface area (Å²) in [6.45, 7) is 1.92. The van der Waals surface area contributed by atoms with Crippen LogP contribution in [0.15, 0.2) is 30.3 Å². The number of ether oxygens (including phenoxy) is 2. The Morgan fingerprint density at radius 1 is 1.04 bits per heavy atom. The molecule has 122 valence electrons. The number of benzene rings is 2. The van der Waals surface area contributed by atoms with Gasteiger partial charge < -0.3 is 14.8 Å². The van der Waals surface area contributed by atoms with Gasteiger partial charge in [0.05, 0.1) is 30.7 Å². The van der Waals surface area contributed by atoms with Gasteiger partial charge >= 0.3 is 0 Å². The third-order valence-electron chi connectivity index (χ3n) is 3.40. The van der Waals surface area contributed by atoms with E-state index in [0.717, 1.165) is 11.1 Å². The van der Waals surface area contributed by atoms with E-state index in [1.54, 1.807) is 32.4 Å². The van der Waals surface area contributed by atoms with Crippen molar-refractivity contribution in [2.24, 2.45) is 0 Å². The van der Waals surface area contributed by atoms with Crippen LogP contribution in [0.5, 0.6) is 11.5 Å². The van der Waals surface area contributed by atoms with Crippen molar-refractivity contribution in [1.29, 1.82) is 0 Å². The molecule has 0 spiro atoms. The zero-order valence-corrected chi connectivity index (χ0v) is 14.6. The second kappa shape index (κ2) is 7.57. The highest BCUT2D eigenvalue weighted by Gasteiger charge is 2.12. The number of nitrogens with one attached hydrogen (secondary N) is 1. The molecule has 4 nitrogen and oxygen atoms in total. The first-order valence-corrected chi connectivity index (χ1v) is 7.66. The topological polar surface area (TPSA) is 47.6 Å². The van der Waals surface area contributed by atoms with Crippen LogP contribution < -0.4 is 14.8 Å². The maximum absolute atomic E-state index is 12.2.